The fraction of sp³-hybridized carbons (Fsp3) is 0.348. The molecule has 2 aromatic rings. The Kier molecular flexibility index (Phi) is 7.72. The van der Waals surface area contributed by atoms with Crippen molar-refractivity contribution in [2.75, 3.05) is 33.4 Å². The molecule has 3 amide bonds. The second kappa shape index (κ2) is 10.7. The van der Waals surface area contributed by atoms with Crippen molar-refractivity contribution in [3.05, 3.63) is 71.5 Å². The third kappa shape index (κ3) is 5.46. The number of hydrogen-bond acceptors (Lipinski definition) is 4. The molecule has 8 heteroatoms. The molecular weight excluding hydrogens is 399 g/mol. The van der Waals surface area contributed by atoms with Crippen molar-refractivity contribution in [1.82, 2.24) is 15.2 Å². The second-order valence-corrected chi connectivity index (χ2v) is 7.15. The van der Waals surface area contributed by atoms with Crippen LogP contribution in [0.2, 0.25) is 0 Å². The molecule has 1 heterocycles. The Hall–Kier alpha value is -3.26. The number of hydrogen-bond donors (Lipinski definition) is 1. The highest BCUT2D eigenvalue weighted by Gasteiger charge is 2.34. The van der Waals surface area contributed by atoms with Crippen molar-refractivity contribution < 1.29 is 18.7 Å². The Bertz CT molecular complexity index is 935. The van der Waals surface area contributed by atoms with Crippen LogP contribution in [-0.4, -0.2) is 60.9 Å². The van der Waals surface area contributed by atoms with Crippen LogP contribution in [0, 0.1) is 5.82 Å². The van der Waals surface area contributed by atoms with Gasteiger partial charge >= 0.3 is 6.03 Å². The van der Waals surface area contributed by atoms with Crippen molar-refractivity contribution in [1.29, 1.82) is 0 Å². The van der Waals surface area contributed by atoms with Gasteiger partial charge in [-0.2, -0.15) is 5.10 Å². The molecule has 164 valence electrons. The van der Waals surface area contributed by atoms with Gasteiger partial charge in [0, 0.05) is 32.2 Å². The average molecular weight is 426 g/mol. The van der Waals surface area contributed by atoms with Gasteiger partial charge in [-0.1, -0.05) is 48.5 Å². The Morgan fingerprint density at radius 3 is 2.58 bits per heavy atom. The highest BCUT2D eigenvalue weighted by atomic mass is 19.1. The smallest absolute Gasteiger partial charge is 0.317 e. The molecule has 0 aliphatic carbocycles. The summed E-state index contributed by atoms with van der Waals surface area (Å²) in [4.78, 5) is 27.0. The zero-order valence-corrected chi connectivity index (χ0v) is 17.8. The van der Waals surface area contributed by atoms with E-state index in [2.05, 4.69) is 10.4 Å². The summed E-state index contributed by atoms with van der Waals surface area (Å²) in [6.07, 6.45) is 0.385. The van der Waals surface area contributed by atoms with Crippen LogP contribution in [0.5, 0.6) is 0 Å². The number of nitrogens with zero attached hydrogens (tertiary/aromatic N) is 3. The highest BCUT2D eigenvalue weighted by Crippen LogP contribution is 2.33. The van der Waals surface area contributed by atoms with E-state index in [4.69, 9.17) is 4.74 Å². The summed E-state index contributed by atoms with van der Waals surface area (Å²) in [5.41, 5.74) is 1.77. The lowest BCUT2D eigenvalue weighted by molar-refractivity contribution is -0.133. The number of amides is 3. The number of benzene rings is 2. The lowest BCUT2D eigenvalue weighted by Gasteiger charge is -2.27. The minimum absolute atomic E-state index is 0.160. The molecule has 0 bridgehead atoms. The van der Waals surface area contributed by atoms with Gasteiger partial charge in [0.1, 0.15) is 12.4 Å². The van der Waals surface area contributed by atoms with Crippen LogP contribution in [0.15, 0.2) is 59.7 Å². The molecule has 0 spiro atoms. The number of methoxy groups -OCH3 is 1. The maximum absolute atomic E-state index is 14.4. The van der Waals surface area contributed by atoms with Gasteiger partial charge in [-0.15, -0.1) is 0 Å². The Labute approximate surface area is 181 Å². The molecule has 3 rings (SSSR count). The Morgan fingerprint density at radius 2 is 1.90 bits per heavy atom. The number of rotatable bonds is 8. The van der Waals surface area contributed by atoms with E-state index in [0.717, 1.165) is 5.56 Å². The van der Waals surface area contributed by atoms with E-state index in [9.17, 15) is 14.0 Å². The van der Waals surface area contributed by atoms with E-state index in [1.54, 1.807) is 18.2 Å². The van der Waals surface area contributed by atoms with Crippen LogP contribution in [0.3, 0.4) is 0 Å². The summed E-state index contributed by atoms with van der Waals surface area (Å²) >= 11 is 0. The van der Waals surface area contributed by atoms with Crippen molar-refractivity contribution in [3.8, 4) is 0 Å². The van der Waals surface area contributed by atoms with Crippen LogP contribution in [-0.2, 0) is 9.53 Å². The average Bonchev–Trinajstić information content (AvgIpc) is 3.23. The van der Waals surface area contributed by atoms with Crippen LogP contribution >= 0.6 is 0 Å². The number of carbonyl (C=O) groups is 2. The number of ether oxygens (including phenoxy) is 1. The molecule has 0 unspecified atom stereocenters. The van der Waals surface area contributed by atoms with Crippen LogP contribution in [0.25, 0.3) is 0 Å². The fourth-order valence-corrected chi connectivity index (χ4v) is 3.49. The Morgan fingerprint density at radius 1 is 1.19 bits per heavy atom. The van der Waals surface area contributed by atoms with Gasteiger partial charge < -0.3 is 15.0 Å². The van der Waals surface area contributed by atoms with Gasteiger partial charge in [-0.3, -0.25) is 4.79 Å². The van der Waals surface area contributed by atoms with Gasteiger partial charge in [0.15, 0.2) is 0 Å². The molecule has 0 fully saturated rings. The standard InChI is InChI=1S/C23H27FN4O3/c1-3-25-23(30)27(13-14-31-2)16-22(29)28-21(17-9-5-4-6-10-17)15-20(26-28)18-11-7-8-12-19(18)24/h4-12,21H,3,13-16H2,1-2H3,(H,25,30)/t21-/m0/s1. The van der Waals surface area contributed by atoms with Gasteiger partial charge in [-0.05, 0) is 18.6 Å². The molecule has 1 aliphatic heterocycles. The molecule has 2 aromatic carbocycles. The van der Waals surface area contributed by atoms with E-state index in [-0.39, 0.29) is 36.9 Å². The quantitative estimate of drug-likeness (QED) is 0.705. The molecule has 1 atom stereocenters. The molecule has 31 heavy (non-hydrogen) atoms. The van der Waals surface area contributed by atoms with Gasteiger partial charge in [-0.25, -0.2) is 14.2 Å². The number of halogens is 1. The number of nitrogens with one attached hydrogen (secondary N) is 1. The topological polar surface area (TPSA) is 74.2 Å². The lowest BCUT2D eigenvalue weighted by Crippen LogP contribution is -2.47. The van der Waals surface area contributed by atoms with Crippen LogP contribution < -0.4 is 5.32 Å². The van der Waals surface area contributed by atoms with Crippen molar-refractivity contribution in [2.45, 2.75) is 19.4 Å². The molecule has 0 aromatic heterocycles. The monoisotopic (exact) mass is 426 g/mol. The number of hydrazone groups is 1. The first kappa shape index (κ1) is 22.4. The third-order valence-electron chi connectivity index (χ3n) is 5.04. The van der Waals surface area contributed by atoms with Gasteiger partial charge in [0.25, 0.3) is 5.91 Å². The maximum Gasteiger partial charge on any atom is 0.317 e. The highest BCUT2D eigenvalue weighted by molar-refractivity contribution is 6.03. The summed E-state index contributed by atoms with van der Waals surface area (Å²) in [6, 6.07) is 15.2. The first-order chi connectivity index (χ1) is 15.0. The minimum atomic E-state index is -0.383. The molecule has 1 aliphatic rings. The molecule has 0 saturated carbocycles. The predicted octanol–water partition coefficient (Wildman–Crippen LogP) is 3.18. The number of carbonyl (C=O) groups excluding carboxylic acids is 2. The van der Waals surface area contributed by atoms with Crippen molar-refractivity contribution in [2.24, 2.45) is 5.10 Å². The zero-order chi connectivity index (χ0) is 22.2. The summed E-state index contributed by atoms with van der Waals surface area (Å²) in [6.45, 7) is 2.66. The number of urea groups is 1. The first-order valence-corrected chi connectivity index (χ1v) is 10.3. The van der Waals surface area contributed by atoms with Gasteiger partial charge in [0.05, 0.1) is 18.4 Å². The normalized spacial score (nSPS) is 15.5. The SMILES string of the molecule is CCNC(=O)N(CCOC)CC(=O)N1N=C(c2ccccc2F)C[C@H]1c1ccccc1. The molecule has 0 radical (unpaired) electrons. The largest absolute Gasteiger partial charge is 0.383 e. The van der Waals surface area contributed by atoms with Crippen molar-refractivity contribution in [3.63, 3.8) is 0 Å². The van der Waals surface area contributed by atoms with E-state index in [1.165, 1.54) is 23.1 Å². The van der Waals surface area contributed by atoms with Gasteiger partial charge in [0.2, 0.25) is 0 Å². The van der Waals surface area contributed by atoms with Crippen molar-refractivity contribution >= 4 is 17.6 Å². The zero-order valence-electron chi connectivity index (χ0n) is 17.8. The van der Waals surface area contributed by atoms with E-state index in [1.807, 2.05) is 37.3 Å². The first-order valence-electron chi connectivity index (χ1n) is 10.3. The third-order valence-corrected chi connectivity index (χ3v) is 5.04. The fourth-order valence-electron chi connectivity index (χ4n) is 3.49. The summed E-state index contributed by atoms with van der Waals surface area (Å²) in [7, 11) is 1.54. The molecule has 7 nitrogen and oxygen atoms in total. The summed E-state index contributed by atoms with van der Waals surface area (Å²) in [5.74, 6) is -0.728. The minimum Gasteiger partial charge on any atom is -0.383 e. The van der Waals surface area contributed by atoms with E-state index in [0.29, 0.717) is 30.8 Å². The second-order valence-electron chi connectivity index (χ2n) is 7.15. The maximum atomic E-state index is 14.4. The molecule has 1 N–H and O–H groups in total. The Balaban J connectivity index is 1.88. The predicted molar refractivity (Wildman–Crippen MR) is 116 cm³/mol. The van der Waals surface area contributed by atoms with Crippen LogP contribution in [0.1, 0.15) is 30.5 Å². The lowest BCUT2D eigenvalue weighted by atomic mass is 9.98. The van der Waals surface area contributed by atoms with E-state index >= 15 is 0 Å². The molecule has 0 saturated heterocycles. The molecular formula is C23H27FN4O3. The van der Waals surface area contributed by atoms with Crippen LogP contribution in [0.4, 0.5) is 9.18 Å². The summed E-state index contributed by atoms with van der Waals surface area (Å²) in [5, 5.41) is 8.57. The summed E-state index contributed by atoms with van der Waals surface area (Å²) < 4.78 is 19.5. The van der Waals surface area contributed by atoms with E-state index < -0.39 is 0 Å².